The van der Waals surface area contributed by atoms with E-state index in [1.807, 2.05) is 24.3 Å². The molecule has 2 atom stereocenters. The van der Waals surface area contributed by atoms with Gasteiger partial charge in [-0.25, -0.2) is 0 Å². The fourth-order valence-corrected chi connectivity index (χ4v) is 3.36. The topological polar surface area (TPSA) is 62.2 Å². The first-order valence-corrected chi connectivity index (χ1v) is 8.08. The Morgan fingerprint density at radius 1 is 1.30 bits per heavy atom. The lowest BCUT2D eigenvalue weighted by Gasteiger charge is -2.33. The number of aliphatic hydroxyl groups excluding tert-OH is 1. The number of morpholine rings is 1. The fraction of sp³-hybridized carbons (Fsp3) is 0.588. The number of carbonyl (C=O) groups excluding carboxylic acids is 1. The minimum Gasteiger partial charge on any atom is -0.496 e. The van der Waals surface area contributed by atoms with Gasteiger partial charge in [-0.05, 0) is 6.07 Å². The fourth-order valence-electron chi connectivity index (χ4n) is 3.36. The van der Waals surface area contributed by atoms with Crippen LogP contribution in [0.3, 0.4) is 0 Å². The Balaban J connectivity index is 1.62. The lowest BCUT2D eigenvalue weighted by molar-refractivity contribution is -0.129. The van der Waals surface area contributed by atoms with Gasteiger partial charge < -0.3 is 19.5 Å². The number of para-hydroxylation sites is 1. The summed E-state index contributed by atoms with van der Waals surface area (Å²) in [6.07, 6.45) is -0.193. The summed E-state index contributed by atoms with van der Waals surface area (Å²) in [4.78, 5) is 16.6. The Bertz CT molecular complexity index is 545. The van der Waals surface area contributed by atoms with E-state index in [1.54, 1.807) is 12.0 Å². The van der Waals surface area contributed by atoms with Crippen molar-refractivity contribution < 1.29 is 19.4 Å². The van der Waals surface area contributed by atoms with Gasteiger partial charge in [0.25, 0.3) is 0 Å². The Labute approximate surface area is 136 Å². The van der Waals surface area contributed by atoms with Crippen molar-refractivity contribution in [3.63, 3.8) is 0 Å². The smallest absolute Gasteiger partial charge is 0.227 e. The normalized spacial score (nSPS) is 25.6. The lowest BCUT2D eigenvalue weighted by atomic mass is 10.1. The number of aliphatic hydroxyl groups is 1. The molecular weight excluding hydrogens is 296 g/mol. The molecule has 2 fully saturated rings. The maximum Gasteiger partial charge on any atom is 0.227 e. The van der Waals surface area contributed by atoms with E-state index >= 15 is 0 Å². The van der Waals surface area contributed by atoms with Crippen LogP contribution in [0, 0.1) is 0 Å². The molecule has 0 aromatic heterocycles. The van der Waals surface area contributed by atoms with Gasteiger partial charge in [0, 0.05) is 31.7 Å². The molecule has 0 aliphatic carbocycles. The van der Waals surface area contributed by atoms with Crippen LogP contribution in [0.4, 0.5) is 0 Å². The number of benzene rings is 1. The first-order valence-electron chi connectivity index (χ1n) is 8.08. The molecule has 1 aromatic carbocycles. The maximum absolute atomic E-state index is 12.6. The number of β-amino-alcohol motifs (C(OH)–C–C–N with tert-alkyl or cyclic N) is 1. The van der Waals surface area contributed by atoms with Crippen LogP contribution in [0.2, 0.25) is 0 Å². The molecule has 0 spiro atoms. The van der Waals surface area contributed by atoms with Gasteiger partial charge in [-0.15, -0.1) is 0 Å². The minimum atomic E-state index is -0.491. The predicted octanol–water partition coefficient (Wildman–Crippen LogP) is 0.142. The zero-order valence-electron chi connectivity index (χ0n) is 13.5. The van der Waals surface area contributed by atoms with Crippen LogP contribution in [-0.4, -0.2) is 79.5 Å². The van der Waals surface area contributed by atoms with Crippen LogP contribution in [0.25, 0.3) is 0 Å². The number of rotatable bonds is 4. The van der Waals surface area contributed by atoms with E-state index in [0.717, 1.165) is 24.4 Å². The molecule has 3 rings (SSSR count). The van der Waals surface area contributed by atoms with Crippen LogP contribution in [0.15, 0.2) is 24.3 Å². The second-order valence-electron chi connectivity index (χ2n) is 6.07. The quantitative estimate of drug-likeness (QED) is 0.855. The van der Waals surface area contributed by atoms with E-state index in [4.69, 9.17) is 9.47 Å². The molecule has 0 radical (unpaired) electrons. The number of carbonyl (C=O) groups is 1. The molecular formula is C17H24N2O4. The van der Waals surface area contributed by atoms with Crippen molar-refractivity contribution in [3.05, 3.63) is 29.8 Å². The molecule has 2 aliphatic heterocycles. The third-order valence-electron chi connectivity index (χ3n) is 4.66. The van der Waals surface area contributed by atoms with Crippen molar-refractivity contribution >= 4 is 5.91 Å². The summed E-state index contributed by atoms with van der Waals surface area (Å²) in [5, 5.41) is 10.3. The molecule has 126 valence electrons. The molecule has 23 heavy (non-hydrogen) atoms. The number of hydrogen-bond acceptors (Lipinski definition) is 5. The van der Waals surface area contributed by atoms with Crippen molar-refractivity contribution in [2.75, 3.05) is 46.5 Å². The molecule has 6 nitrogen and oxygen atoms in total. The maximum atomic E-state index is 12.6. The van der Waals surface area contributed by atoms with Gasteiger partial charge in [0.2, 0.25) is 5.91 Å². The summed E-state index contributed by atoms with van der Waals surface area (Å²) in [7, 11) is 1.61. The molecule has 1 N–H and O–H groups in total. The first-order chi connectivity index (χ1) is 11.2. The Morgan fingerprint density at radius 3 is 2.78 bits per heavy atom. The summed E-state index contributed by atoms with van der Waals surface area (Å²) in [5.41, 5.74) is 0.879. The van der Waals surface area contributed by atoms with E-state index < -0.39 is 6.10 Å². The number of amides is 1. The predicted molar refractivity (Wildman–Crippen MR) is 85.5 cm³/mol. The van der Waals surface area contributed by atoms with Gasteiger partial charge >= 0.3 is 0 Å². The third-order valence-corrected chi connectivity index (χ3v) is 4.66. The highest BCUT2D eigenvalue weighted by molar-refractivity contribution is 5.80. The minimum absolute atomic E-state index is 0.0144. The monoisotopic (exact) mass is 320 g/mol. The van der Waals surface area contributed by atoms with Gasteiger partial charge in [-0.2, -0.15) is 0 Å². The zero-order valence-corrected chi connectivity index (χ0v) is 13.5. The van der Waals surface area contributed by atoms with E-state index in [9.17, 15) is 9.90 Å². The van der Waals surface area contributed by atoms with Crippen molar-refractivity contribution in [3.8, 4) is 5.75 Å². The molecule has 2 heterocycles. The van der Waals surface area contributed by atoms with Crippen molar-refractivity contribution in [2.24, 2.45) is 0 Å². The summed E-state index contributed by atoms with van der Waals surface area (Å²) in [6.45, 7) is 3.99. The molecule has 0 unspecified atom stereocenters. The van der Waals surface area contributed by atoms with Crippen molar-refractivity contribution in [1.82, 2.24) is 9.80 Å². The number of hydrogen-bond donors (Lipinski definition) is 1. The van der Waals surface area contributed by atoms with Crippen LogP contribution in [0.5, 0.6) is 5.75 Å². The summed E-state index contributed by atoms with van der Waals surface area (Å²) >= 11 is 0. The van der Waals surface area contributed by atoms with Crippen molar-refractivity contribution in [1.29, 1.82) is 0 Å². The highest BCUT2D eigenvalue weighted by atomic mass is 16.5. The summed E-state index contributed by atoms with van der Waals surface area (Å²) in [6, 6.07) is 7.57. The molecule has 1 amide bonds. The first kappa shape index (κ1) is 16.2. The second kappa shape index (κ2) is 7.29. The molecule has 2 aliphatic rings. The number of methoxy groups -OCH3 is 1. The highest BCUT2D eigenvalue weighted by Gasteiger charge is 2.38. The Morgan fingerprint density at radius 2 is 2.04 bits per heavy atom. The number of ether oxygens (including phenoxy) is 2. The number of likely N-dealkylation sites (tertiary alicyclic amines) is 1. The zero-order chi connectivity index (χ0) is 16.2. The largest absolute Gasteiger partial charge is 0.496 e. The van der Waals surface area contributed by atoms with Gasteiger partial charge in [0.05, 0.1) is 38.9 Å². The highest BCUT2D eigenvalue weighted by Crippen LogP contribution is 2.22. The van der Waals surface area contributed by atoms with Crippen LogP contribution >= 0.6 is 0 Å². The average Bonchev–Trinajstić information content (AvgIpc) is 2.98. The Kier molecular flexibility index (Phi) is 5.15. The molecule has 6 heteroatoms. The van der Waals surface area contributed by atoms with E-state index in [-0.39, 0.29) is 11.9 Å². The van der Waals surface area contributed by atoms with Crippen LogP contribution < -0.4 is 4.74 Å². The SMILES string of the molecule is COc1ccccc1CC(=O)N1C[C@@H](O)[C@H](N2CCOCC2)C1. The van der Waals surface area contributed by atoms with Gasteiger partial charge in [-0.3, -0.25) is 9.69 Å². The second-order valence-corrected chi connectivity index (χ2v) is 6.07. The van der Waals surface area contributed by atoms with E-state index in [2.05, 4.69) is 4.90 Å². The van der Waals surface area contributed by atoms with E-state index in [1.165, 1.54) is 0 Å². The molecule has 0 bridgehead atoms. The van der Waals surface area contributed by atoms with Crippen LogP contribution in [0.1, 0.15) is 5.56 Å². The summed E-state index contributed by atoms with van der Waals surface area (Å²) in [5.74, 6) is 0.759. The molecule has 0 saturated carbocycles. The van der Waals surface area contributed by atoms with E-state index in [0.29, 0.717) is 32.7 Å². The molecule has 1 aromatic rings. The van der Waals surface area contributed by atoms with Crippen LogP contribution in [-0.2, 0) is 16.0 Å². The van der Waals surface area contributed by atoms with Crippen molar-refractivity contribution in [2.45, 2.75) is 18.6 Å². The molecule has 2 saturated heterocycles. The van der Waals surface area contributed by atoms with Gasteiger partial charge in [0.1, 0.15) is 5.75 Å². The van der Waals surface area contributed by atoms with Gasteiger partial charge in [0.15, 0.2) is 0 Å². The summed E-state index contributed by atoms with van der Waals surface area (Å²) < 4.78 is 10.7. The lowest BCUT2D eigenvalue weighted by Crippen LogP contribution is -2.49. The average molecular weight is 320 g/mol. The van der Waals surface area contributed by atoms with Gasteiger partial charge in [-0.1, -0.05) is 18.2 Å². The standard InChI is InChI=1S/C17H24N2O4/c1-22-16-5-3-2-4-13(16)10-17(21)19-11-14(15(20)12-19)18-6-8-23-9-7-18/h2-5,14-15,20H,6-12H2,1H3/t14-,15-/m1/s1. The number of nitrogens with zero attached hydrogens (tertiary/aromatic N) is 2. The Hall–Kier alpha value is -1.63. The third kappa shape index (κ3) is 3.65.